The highest BCUT2D eigenvalue weighted by Gasteiger charge is 2.39. The van der Waals surface area contributed by atoms with E-state index < -0.39 is 0 Å². The van der Waals surface area contributed by atoms with Crippen LogP contribution >= 0.6 is 0 Å². The van der Waals surface area contributed by atoms with Crippen LogP contribution < -0.4 is 0 Å². The standard InChI is InChI=1S/C9H14O3/c1-5-3-7(10)9-8(4-5)11-6(2)12-9/h4,6-10H,3H2,1-2H3/t6?,7-,8-,9+/m1/s1/i10T. The van der Waals surface area contributed by atoms with Crippen LogP contribution in [0.1, 0.15) is 20.3 Å². The van der Waals surface area contributed by atoms with E-state index in [9.17, 15) is 0 Å². The van der Waals surface area contributed by atoms with Crippen LogP contribution in [-0.2, 0) is 9.47 Å². The smallest absolute Gasteiger partial charge is 0.211 e. The minimum Gasteiger partial charge on any atom is -0.390 e. The number of aliphatic hydroxyl groups excluding tert-OH is 1. The summed E-state index contributed by atoms with van der Waals surface area (Å²) in [5.41, 5.74) is 1.20. The van der Waals surface area contributed by atoms with Crippen molar-refractivity contribution in [2.24, 2.45) is 0 Å². The van der Waals surface area contributed by atoms with Crippen LogP contribution in [0.25, 0.3) is 0 Å². The molecule has 68 valence electrons. The van der Waals surface area contributed by atoms with Gasteiger partial charge in [-0.05, 0) is 20.3 Å². The van der Waals surface area contributed by atoms with Gasteiger partial charge in [-0.2, -0.15) is 0 Å². The number of hydrogen-bond donors (Lipinski definition) is 1. The molecule has 2 aliphatic rings. The topological polar surface area (TPSA) is 38.7 Å². The first-order valence-corrected chi connectivity index (χ1v) is 4.31. The highest BCUT2D eigenvalue weighted by molar-refractivity contribution is 5.13. The lowest BCUT2D eigenvalue weighted by Crippen LogP contribution is -2.37. The van der Waals surface area contributed by atoms with Gasteiger partial charge in [0.25, 0.3) is 0 Å². The molecule has 3 nitrogen and oxygen atoms in total. The summed E-state index contributed by atoms with van der Waals surface area (Å²) in [6, 6.07) is 0. The summed E-state index contributed by atoms with van der Waals surface area (Å²) < 4.78 is 18.0. The first-order valence-electron chi connectivity index (χ1n) is 4.71. The van der Waals surface area contributed by atoms with Crippen LogP contribution in [0.5, 0.6) is 0 Å². The third-order valence-corrected chi connectivity index (χ3v) is 2.36. The molecule has 0 aromatic rings. The average Bonchev–Trinajstić information content (AvgIpc) is 2.43. The van der Waals surface area contributed by atoms with Gasteiger partial charge in [0, 0.05) is 0 Å². The minimum atomic E-state index is -0.185. The van der Waals surface area contributed by atoms with Crippen molar-refractivity contribution >= 4 is 0 Å². The van der Waals surface area contributed by atoms with Gasteiger partial charge in [0.15, 0.2) is 6.29 Å². The SMILES string of the molecule is [3H]O[C@@H]1CC(C)=C[C@H]2OC(C)O[C@H]21. The molecule has 1 aliphatic heterocycles. The third-order valence-electron chi connectivity index (χ3n) is 2.36. The molecule has 1 aliphatic carbocycles. The van der Waals surface area contributed by atoms with Gasteiger partial charge < -0.3 is 14.6 Å². The van der Waals surface area contributed by atoms with Gasteiger partial charge in [-0.25, -0.2) is 0 Å². The Morgan fingerprint density at radius 3 is 3.25 bits per heavy atom. The summed E-state index contributed by atoms with van der Waals surface area (Å²) in [5, 5.41) is 4.63. The molecule has 1 fully saturated rings. The van der Waals surface area contributed by atoms with Gasteiger partial charge in [-0.1, -0.05) is 11.6 Å². The zero-order chi connectivity index (χ0) is 9.42. The molecule has 3 heteroatoms. The molecule has 12 heavy (non-hydrogen) atoms. The summed E-state index contributed by atoms with van der Waals surface area (Å²) in [6.07, 6.45) is 2.33. The van der Waals surface area contributed by atoms with E-state index in [1.807, 2.05) is 13.8 Å². The number of rotatable bonds is 1. The van der Waals surface area contributed by atoms with E-state index in [0.29, 0.717) is 0 Å². The number of fused-ring (bicyclic) bond motifs is 1. The summed E-state index contributed by atoms with van der Waals surface area (Å²) in [4.78, 5) is 0. The van der Waals surface area contributed by atoms with Crippen molar-refractivity contribution in [2.75, 3.05) is 0 Å². The molecule has 0 saturated carbocycles. The first kappa shape index (κ1) is 7.06. The molecule has 1 N–H and O–H groups in total. The first-order chi connectivity index (χ1) is 6.20. The number of hydrogen-bond acceptors (Lipinski definition) is 3. The summed E-state index contributed by atoms with van der Waals surface area (Å²) >= 11 is 0. The second-order valence-corrected chi connectivity index (χ2v) is 3.52. The Hall–Kier alpha value is -0.380. The highest BCUT2D eigenvalue weighted by Crippen LogP contribution is 2.30. The lowest BCUT2D eigenvalue weighted by atomic mass is 9.93. The van der Waals surface area contributed by atoms with Crippen LogP contribution in [-0.4, -0.2) is 31.1 Å². The molecule has 1 saturated heterocycles. The second-order valence-electron chi connectivity index (χ2n) is 3.52. The van der Waals surface area contributed by atoms with E-state index >= 15 is 0 Å². The lowest BCUT2D eigenvalue weighted by Gasteiger charge is -2.25. The van der Waals surface area contributed by atoms with Crippen LogP contribution in [0.3, 0.4) is 0 Å². The lowest BCUT2D eigenvalue weighted by molar-refractivity contribution is -0.0679. The van der Waals surface area contributed by atoms with Crippen molar-refractivity contribution in [1.82, 2.24) is 0 Å². The molecule has 0 aromatic carbocycles. The predicted octanol–water partition coefficient (Wildman–Crippen LogP) is 0.827. The van der Waals surface area contributed by atoms with Gasteiger partial charge in [0.2, 0.25) is 1.43 Å². The fraction of sp³-hybridized carbons (Fsp3) is 0.778. The molecule has 0 radical (unpaired) electrons. The van der Waals surface area contributed by atoms with E-state index in [1.54, 1.807) is 0 Å². The van der Waals surface area contributed by atoms with Gasteiger partial charge >= 0.3 is 0 Å². The summed E-state index contributed by atoms with van der Waals surface area (Å²) in [7, 11) is 0. The summed E-state index contributed by atoms with van der Waals surface area (Å²) in [5.74, 6) is 0. The molecule has 0 amide bonds. The monoisotopic (exact) mass is 172 g/mol. The largest absolute Gasteiger partial charge is 0.390 e. The van der Waals surface area contributed by atoms with Crippen molar-refractivity contribution in [3.05, 3.63) is 11.6 Å². The summed E-state index contributed by atoms with van der Waals surface area (Å²) in [6.45, 7) is 3.89. The van der Waals surface area contributed by atoms with Gasteiger partial charge in [-0.3, -0.25) is 0 Å². The maximum absolute atomic E-state index is 6.94. The Labute approximate surface area is 73.5 Å². The van der Waals surface area contributed by atoms with Crippen molar-refractivity contribution < 1.29 is 14.6 Å². The van der Waals surface area contributed by atoms with Crippen LogP contribution in [0.2, 0.25) is 0 Å². The third kappa shape index (κ3) is 1.28. The number of ether oxygens (including phenoxy) is 2. The van der Waals surface area contributed by atoms with Crippen molar-refractivity contribution in [1.29, 1.82) is 1.43 Å². The molecular weight excluding hydrogens is 156 g/mol. The minimum absolute atomic E-state index is 0.0286. The second kappa shape index (κ2) is 2.83. The Kier molecular flexibility index (Phi) is 1.67. The predicted molar refractivity (Wildman–Crippen MR) is 43.6 cm³/mol. The van der Waals surface area contributed by atoms with Gasteiger partial charge in [0.05, 0.1) is 6.10 Å². The molecule has 4 atom stereocenters. The van der Waals surface area contributed by atoms with Crippen LogP contribution in [0.4, 0.5) is 0 Å². The maximum Gasteiger partial charge on any atom is 0.211 e. The fourth-order valence-electron chi connectivity index (χ4n) is 1.84. The zero-order valence-electron chi connectivity index (χ0n) is 8.32. The molecule has 2 rings (SSSR count). The number of aliphatic hydroxyl groups is 1. The van der Waals surface area contributed by atoms with Crippen molar-refractivity contribution in [2.45, 2.75) is 44.9 Å². The van der Waals surface area contributed by atoms with Crippen LogP contribution in [0.15, 0.2) is 11.6 Å². The van der Waals surface area contributed by atoms with Crippen LogP contribution in [0, 0.1) is 0 Å². The highest BCUT2D eigenvalue weighted by atomic mass is 16.7. The normalized spacial score (nSPS) is 48.2. The van der Waals surface area contributed by atoms with Crippen molar-refractivity contribution in [3.63, 3.8) is 0 Å². The Morgan fingerprint density at radius 2 is 2.50 bits per heavy atom. The van der Waals surface area contributed by atoms with Crippen molar-refractivity contribution in [3.8, 4) is 0 Å². The molecule has 0 spiro atoms. The Balaban J connectivity index is 2.16. The molecular formula is C9H14O3. The quantitative estimate of drug-likeness (QED) is 0.595. The molecule has 1 heterocycles. The van der Waals surface area contributed by atoms with Gasteiger partial charge in [-0.15, -0.1) is 0 Å². The Bertz CT molecular complexity index is 229. The Morgan fingerprint density at radius 1 is 1.67 bits per heavy atom. The molecule has 0 aromatic heterocycles. The van der Waals surface area contributed by atoms with E-state index in [1.165, 1.54) is 5.57 Å². The van der Waals surface area contributed by atoms with E-state index in [2.05, 4.69) is 11.2 Å². The zero-order valence-corrected chi connectivity index (χ0v) is 7.32. The van der Waals surface area contributed by atoms with Gasteiger partial charge in [0.1, 0.15) is 12.2 Å². The maximum atomic E-state index is 6.94. The molecule has 0 bridgehead atoms. The fourth-order valence-corrected chi connectivity index (χ4v) is 1.84. The van der Waals surface area contributed by atoms with E-state index in [4.69, 9.17) is 10.9 Å². The van der Waals surface area contributed by atoms with E-state index in [-0.39, 0.29) is 24.6 Å². The van der Waals surface area contributed by atoms with E-state index in [0.717, 1.165) is 6.42 Å². The molecule has 1 unspecified atom stereocenters. The average molecular weight is 172 g/mol.